The van der Waals surface area contributed by atoms with Gasteiger partial charge in [0.2, 0.25) is 0 Å². The van der Waals surface area contributed by atoms with Crippen LogP contribution in [0.15, 0.2) is 6.07 Å². The van der Waals surface area contributed by atoms with Gasteiger partial charge < -0.3 is 15.4 Å². The zero-order valence-corrected chi connectivity index (χ0v) is 10.3. The van der Waals surface area contributed by atoms with Gasteiger partial charge in [-0.3, -0.25) is 4.79 Å². The molecule has 1 aliphatic rings. The predicted molar refractivity (Wildman–Crippen MR) is 64.8 cm³/mol. The highest BCUT2D eigenvalue weighted by molar-refractivity contribution is 7.14. The smallest absolute Gasteiger partial charge is 0.264 e. The molecule has 1 aliphatic heterocycles. The molecule has 0 aromatic carbocycles. The van der Waals surface area contributed by atoms with Gasteiger partial charge in [-0.15, -0.1) is 11.3 Å². The number of ether oxygens (including phenoxy) is 1. The number of anilines is 1. The number of amides is 1. The Kier molecular flexibility index (Phi) is 3.16. The molecule has 4 nitrogen and oxygen atoms in total. The molecule has 1 aromatic heterocycles. The van der Waals surface area contributed by atoms with E-state index in [1.54, 1.807) is 11.0 Å². The molecule has 1 atom stereocenters. The highest BCUT2D eigenvalue weighted by Crippen LogP contribution is 2.25. The van der Waals surface area contributed by atoms with Gasteiger partial charge in [0.15, 0.2) is 0 Å². The SMILES string of the molecule is Cc1sc(C(=O)N(C)C2CCOC2)cc1N. The lowest BCUT2D eigenvalue weighted by molar-refractivity contribution is 0.0716. The third-order valence-electron chi connectivity index (χ3n) is 2.94. The van der Waals surface area contributed by atoms with Crippen LogP contribution in [0.3, 0.4) is 0 Å². The van der Waals surface area contributed by atoms with Crippen molar-refractivity contribution in [2.75, 3.05) is 26.0 Å². The van der Waals surface area contributed by atoms with Crippen molar-refractivity contribution in [3.8, 4) is 0 Å². The van der Waals surface area contributed by atoms with Gasteiger partial charge in [0.05, 0.1) is 17.5 Å². The number of rotatable bonds is 2. The van der Waals surface area contributed by atoms with Crippen LogP contribution >= 0.6 is 11.3 Å². The van der Waals surface area contributed by atoms with Crippen molar-refractivity contribution in [1.29, 1.82) is 0 Å². The summed E-state index contributed by atoms with van der Waals surface area (Å²) in [5, 5.41) is 0. The van der Waals surface area contributed by atoms with Crippen LogP contribution in [0.25, 0.3) is 0 Å². The van der Waals surface area contributed by atoms with Gasteiger partial charge in [0, 0.05) is 24.2 Å². The van der Waals surface area contributed by atoms with Crippen LogP contribution in [0.4, 0.5) is 5.69 Å². The quantitative estimate of drug-likeness (QED) is 0.852. The summed E-state index contributed by atoms with van der Waals surface area (Å²) in [4.78, 5) is 15.6. The van der Waals surface area contributed by atoms with Crippen molar-refractivity contribution in [3.63, 3.8) is 0 Å². The van der Waals surface area contributed by atoms with Crippen molar-refractivity contribution in [2.45, 2.75) is 19.4 Å². The number of hydrogen-bond acceptors (Lipinski definition) is 4. The first kappa shape index (κ1) is 11.4. The molecule has 1 unspecified atom stereocenters. The lowest BCUT2D eigenvalue weighted by Crippen LogP contribution is -2.36. The molecular weight excluding hydrogens is 224 g/mol. The fourth-order valence-electron chi connectivity index (χ4n) is 1.77. The van der Waals surface area contributed by atoms with Crippen molar-refractivity contribution in [2.24, 2.45) is 0 Å². The van der Waals surface area contributed by atoms with E-state index >= 15 is 0 Å². The summed E-state index contributed by atoms with van der Waals surface area (Å²) in [5.74, 6) is 0.0419. The number of carbonyl (C=O) groups is 1. The number of likely N-dealkylation sites (N-methyl/N-ethyl adjacent to an activating group) is 1. The molecule has 0 saturated carbocycles. The van der Waals surface area contributed by atoms with Crippen LogP contribution in [0.1, 0.15) is 21.0 Å². The summed E-state index contributed by atoms with van der Waals surface area (Å²) >= 11 is 1.45. The normalized spacial score (nSPS) is 20.0. The van der Waals surface area contributed by atoms with Gasteiger partial charge in [-0.25, -0.2) is 0 Å². The Morgan fingerprint density at radius 1 is 1.69 bits per heavy atom. The third-order valence-corrected chi connectivity index (χ3v) is 3.99. The Morgan fingerprint density at radius 3 is 2.94 bits per heavy atom. The van der Waals surface area contributed by atoms with Crippen molar-refractivity contribution >= 4 is 22.9 Å². The van der Waals surface area contributed by atoms with E-state index in [4.69, 9.17) is 10.5 Å². The van der Waals surface area contributed by atoms with E-state index in [2.05, 4.69) is 0 Å². The number of hydrogen-bond donors (Lipinski definition) is 1. The zero-order valence-electron chi connectivity index (χ0n) is 9.53. The summed E-state index contributed by atoms with van der Waals surface area (Å²) in [6.07, 6.45) is 0.919. The van der Waals surface area contributed by atoms with Crippen LogP contribution in [-0.2, 0) is 4.74 Å². The number of nitrogen functional groups attached to an aromatic ring is 1. The lowest BCUT2D eigenvalue weighted by atomic mass is 10.2. The summed E-state index contributed by atoms with van der Waals surface area (Å²) in [5.41, 5.74) is 6.45. The van der Waals surface area contributed by atoms with Gasteiger partial charge >= 0.3 is 0 Å². The molecule has 0 radical (unpaired) electrons. The first-order chi connectivity index (χ1) is 7.59. The van der Waals surface area contributed by atoms with Gasteiger partial charge in [-0.1, -0.05) is 0 Å². The summed E-state index contributed by atoms with van der Waals surface area (Å²) in [6.45, 7) is 3.31. The second-order valence-corrected chi connectivity index (χ2v) is 5.31. The lowest BCUT2D eigenvalue weighted by Gasteiger charge is -2.22. The average molecular weight is 240 g/mol. The molecule has 2 heterocycles. The molecule has 0 bridgehead atoms. The van der Waals surface area contributed by atoms with Crippen molar-refractivity contribution in [1.82, 2.24) is 4.90 Å². The fourth-order valence-corrected chi connectivity index (χ4v) is 2.69. The molecule has 1 aromatic rings. The summed E-state index contributed by atoms with van der Waals surface area (Å²) in [7, 11) is 1.83. The maximum Gasteiger partial charge on any atom is 0.264 e. The van der Waals surface area contributed by atoms with E-state index in [9.17, 15) is 4.79 Å². The van der Waals surface area contributed by atoms with E-state index in [-0.39, 0.29) is 11.9 Å². The molecule has 2 rings (SSSR count). The van der Waals surface area contributed by atoms with Crippen LogP contribution < -0.4 is 5.73 Å². The van der Waals surface area contributed by atoms with Gasteiger partial charge in [0.1, 0.15) is 0 Å². The second-order valence-electron chi connectivity index (χ2n) is 4.06. The van der Waals surface area contributed by atoms with E-state index < -0.39 is 0 Å². The first-order valence-electron chi connectivity index (χ1n) is 5.30. The van der Waals surface area contributed by atoms with E-state index in [0.717, 1.165) is 17.9 Å². The largest absolute Gasteiger partial charge is 0.398 e. The predicted octanol–water partition coefficient (Wildman–Crippen LogP) is 1.50. The second kappa shape index (κ2) is 4.43. The molecule has 0 spiro atoms. The van der Waals surface area contributed by atoms with Crippen molar-refractivity contribution in [3.05, 3.63) is 15.8 Å². The first-order valence-corrected chi connectivity index (χ1v) is 6.12. The molecule has 2 N–H and O–H groups in total. The monoisotopic (exact) mass is 240 g/mol. The molecular formula is C11H16N2O2S. The van der Waals surface area contributed by atoms with E-state index in [1.807, 2.05) is 14.0 Å². The van der Waals surface area contributed by atoms with Crippen molar-refractivity contribution < 1.29 is 9.53 Å². The minimum Gasteiger partial charge on any atom is -0.398 e. The number of carbonyl (C=O) groups excluding carboxylic acids is 1. The fraction of sp³-hybridized carbons (Fsp3) is 0.545. The highest BCUT2D eigenvalue weighted by Gasteiger charge is 2.25. The molecule has 1 fully saturated rings. The van der Waals surface area contributed by atoms with Crippen LogP contribution in [0.2, 0.25) is 0 Å². The van der Waals surface area contributed by atoms with Crippen LogP contribution in [0.5, 0.6) is 0 Å². The Bertz CT molecular complexity index is 377. The third kappa shape index (κ3) is 2.05. The molecule has 16 heavy (non-hydrogen) atoms. The van der Waals surface area contributed by atoms with Crippen LogP contribution in [0, 0.1) is 6.92 Å². The number of nitrogens with zero attached hydrogens (tertiary/aromatic N) is 1. The van der Waals surface area contributed by atoms with E-state index in [0.29, 0.717) is 17.2 Å². The molecule has 1 amide bonds. The molecule has 0 aliphatic carbocycles. The van der Waals surface area contributed by atoms with E-state index in [1.165, 1.54) is 11.3 Å². The van der Waals surface area contributed by atoms with Gasteiger partial charge in [-0.2, -0.15) is 0 Å². The molecule has 5 heteroatoms. The molecule has 88 valence electrons. The summed E-state index contributed by atoms with van der Waals surface area (Å²) in [6, 6.07) is 1.96. The maximum absolute atomic E-state index is 12.1. The van der Waals surface area contributed by atoms with Crippen LogP contribution in [-0.4, -0.2) is 37.1 Å². The Hall–Kier alpha value is -1.07. The topological polar surface area (TPSA) is 55.6 Å². The number of thiophene rings is 1. The Balaban J connectivity index is 2.11. The Labute approximate surface area is 99.0 Å². The molecule has 1 saturated heterocycles. The minimum absolute atomic E-state index is 0.0419. The van der Waals surface area contributed by atoms with Gasteiger partial charge in [-0.05, 0) is 19.4 Å². The van der Waals surface area contributed by atoms with Gasteiger partial charge in [0.25, 0.3) is 5.91 Å². The number of nitrogens with two attached hydrogens (primary N) is 1. The minimum atomic E-state index is 0.0419. The number of aryl methyl sites for hydroxylation is 1. The highest BCUT2D eigenvalue weighted by atomic mass is 32.1. The standard InChI is InChI=1S/C11H16N2O2S/c1-7-9(12)5-10(16-7)11(14)13(2)8-3-4-15-6-8/h5,8H,3-4,6,12H2,1-2H3. The Morgan fingerprint density at radius 2 is 2.44 bits per heavy atom. The maximum atomic E-state index is 12.1. The zero-order chi connectivity index (χ0) is 11.7. The average Bonchev–Trinajstić information content (AvgIpc) is 2.87. The summed E-state index contributed by atoms with van der Waals surface area (Å²) < 4.78 is 5.28.